The molecule has 0 aliphatic heterocycles. The fraction of sp³-hybridized carbons (Fsp3) is 1.00. The first kappa shape index (κ1) is 20.0. The monoisotopic (exact) mass is 270 g/mol. The molecular formula is C11H26O7. The SMILES string of the molecule is CCOC(C)OCC.OC[C@@H](O)C(O)[C@@H](O)CO. The minimum Gasteiger partial charge on any atom is -0.394 e. The van der Waals surface area contributed by atoms with Crippen molar-refractivity contribution in [3.63, 3.8) is 0 Å². The zero-order valence-corrected chi connectivity index (χ0v) is 11.2. The molecule has 0 spiro atoms. The van der Waals surface area contributed by atoms with Gasteiger partial charge in [-0.1, -0.05) is 0 Å². The second kappa shape index (κ2) is 13.2. The molecule has 112 valence electrons. The van der Waals surface area contributed by atoms with Crippen molar-refractivity contribution in [2.24, 2.45) is 0 Å². The van der Waals surface area contributed by atoms with Gasteiger partial charge in [0, 0.05) is 13.2 Å². The molecule has 0 aromatic rings. The smallest absolute Gasteiger partial charge is 0.154 e. The van der Waals surface area contributed by atoms with E-state index in [1.54, 1.807) is 0 Å². The maximum absolute atomic E-state index is 8.77. The first-order chi connectivity index (χ1) is 8.44. The molecule has 0 heterocycles. The van der Waals surface area contributed by atoms with Crippen LogP contribution in [0, 0.1) is 0 Å². The predicted molar refractivity (Wildman–Crippen MR) is 64.9 cm³/mol. The van der Waals surface area contributed by atoms with E-state index in [1.807, 2.05) is 20.8 Å². The van der Waals surface area contributed by atoms with Gasteiger partial charge in [0.15, 0.2) is 6.29 Å². The van der Waals surface area contributed by atoms with Gasteiger partial charge in [-0.25, -0.2) is 0 Å². The Bertz CT molecular complexity index is 151. The minimum atomic E-state index is -1.49. The molecule has 3 atom stereocenters. The van der Waals surface area contributed by atoms with Crippen molar-refractivity contribution in [1.29, 1.82) is 0 Å². The van der Waals surface area contributed by atoms with Crippen molar-refractivity contribution >= 4 is 0 Å². The van der Waals surface area contributed by atoms with Crippen molar-refractivity contribution in [2.45, 2.75) is 45.4 Å². The van der Waals surface area contributed by atoms with Crippen LogP contribution in [0.5, 0.6) is 0 Å². The van der Waals surface area contributed by atoms with Crippen molar-refractivity contribution < 1.29 is 35.0 Å². The molecule has 1 unspecified atom stereocenters. The lowest BCUT2D eigenvalue weighted by molar-refractivity contribution is -0.123. The third-order valence-corrected chi connectivity index (χ3v) is 1.97. The second-order valence-corrected chi connectivity index (χ2v) is 3.47. The standard InChI is InChI=1S/C6H14O2.C5H12O5/c1-4-7-6(3)8-5-2;6-1-3(8)5(10)4(9)2-7/h6H,4-5H2,1-3H3;3-10H,1-2H2/t;3-,4+,5?. The van der Waals surface area contributed by atoms with Crippen LogP contribution in [0.25, 0.3) is 0 Å². The van der Waals surface area contributed by atoms with Crippen LogP contribution in [-0.4, -0.2) is 76.6 Å². The topological polar surface area (TPSA) is 120 Å². The Labute approximate surface area is 108 Å². The lowest BCUT2D eigenvalue weighted by Crippen LogP contribution is -2.41. The highest BCUT2D eigenvalue weighted by Gasteiger charge is 2.22. The summed E-state index contributed by atoms with van der Waals surface area (Å²) in [6.07, 6.45) is -4.33. The van der Waals surface area contributed by atoms with E-state index in [2.05, 4.69) is 0 Å². The Hall–Kier alpha value is -0.280. The molecule has 0 rings (SSSR count). The molecule has 0 aliphatic carbocycles. The van der Waals surface area contributed by atoms with E-state index in [0.29, 0.717) is 0 Å². The summed E-state index contributed by atoms with van der Waals surface area (Å²) in [4.78, 5) is 0. The summed E-state index contributed by atoms with van der Waals surface area (Å²) in [6, 6.07) is 0. The molecule has 0 aromatic heterocycles. The van der Waals surface area contributed by atoms with Crippen LogP contribution in [0.2, 0.25) is 0 Å². The summed E-state index contributed by atoms with van der Waals surface area (Å²) < 4.78 is 10.1. The molecule has 0 bridgehead atoms. The summed E-state index contributed by atoms with van der Waals surface area (Å²) in [5.74, 6) is 0. The highest BCUT2D eigenvalue weighted by atomic mass is 16.7. The molecule has 0 aromatic carbocycles. The lowest BCUT2D eigenvalue weighted by Gasteiger charge is -2.19. The van der Waals surface area contributed by atoms with Crippen molar-refractivity contribution in [3.8, 4) is 0 Å². The second-order valence-electron chi connectivity index (χ2n) is 3.47. The van der Waals surface area contributed by atoms with E-state index < -0.39 is 31.5 Å². The molecule has 5 N–H and O–H groups in total. The first-order valence-electron chi connectivity index (χ1n) is 5.93. The summed E-state index contributed by atoms with van der Waals surface area (Å²) >= 11 is 0. The van der Waals surface area contributed by atoms with Gasteiger partial charge < -0.3 is 35.0 Å². The van der Waals surface area contributed by atoms with Gasteiger partial charge in [-0.2, -0.15) is 0 Å². The van der Waals surface area contributed by atoms with Gasteiger partial charge >= 0.3 is 0 Å². The summed E-state index contributed by atoms with van der Waals surface area (Å²) in [5, 5.41) is 42.6. The third kappa shape index (κ3) is 10.8. The Morgan fingerprint density at radius 2 is 1.17 bits per heavy atom. The highest BCUT2D eigenvalue weighted by molar-refractivity contribution is 4.73. The Morgan fingerprint density at radius 1 is 0.833 bits per heavy atom. The van der Waals surface area contributed by atoms with Crippen LogP contribution < -0.4 is 0 Å². The molecule has 0 saturated carbocycles. The summed E-state index contributed by atoms with van der Waals surface area (Å²) in [5.41, 5.74) is 0. The number of aliphatic hydroxyl groups excluding tert-OH is 5. The first-order valence-corrected chi connectivity index (χ1v) is 5.93. The normalized spacial score (nSPS) is 15.8. The Kier molecular flexibility index (Phi) is 14.7. The van der Waals surface area contributed by atoms with Gasteiger partial charge in [0.05, 0.1) is 13.2 Å². The van der Waals surface area contributed by atoms with E-state index in [4.69, 9.17) is 35.0 Å². The van der Waals surface area contributed by atoms with Gasteiger partial charge in [-0.05, 0) is 20.8 Å². The largest absolute Gasteiger partial charge is 0.394 e. The number of aliphatic hydroxyl groups is 5. The Balaban J connectivity index is 0. The quantitative estimate of drug-likeness (QED) is 0.339. The summed E-state index contributed by atoms with van der Waals surface area (Å²) in [6.45, 7) is 5.97. The van der Waals surface area contributed by atoms with E-state index in [1.165, 1.54) is 0 Å². The predicted octanol–water partition coefficient (Wildman–Crippen LogP) is -1.54. The van der Waals surface area contributed by atoms with Gasteiger partial charge in [0.25, 0.3) is 0 Å². The van der Waals surface area contributed by atoms with Gasteiger partial charge in [0.1, 0.15) is 18.3 Å². The minimum absolute atomic E-state index is 0.0370. The average Bonchev–Trinajstić information content (AvgIpc) is 2.37. The van der Waals surface area contributed by atoms with Crippen LogP contribution in [0.4, 0.5) is 0 Å². The molecule has 0 amide bonds. The van der Waals surface area contributed by atoms with Crippen LogP contribution in [0.3, 0.4) is 0 Å². The van der Waals surface area contributed by atoms with E-state index >= 15 is 0 Å². The van der Waals surface area contributed by atoms with Crippen LogP contribution in [0.1, 0.15) is 20.8 Å². The fourth-order valence-corrected chi connectivity index (χ4v) is 0.990. The highest BCUT2D eigenvalue weighted by Crippen LogP contribution is 1.98. The molecule has 0 aliphatic rings. The number of rotatable bonds is 8. The molecule has 7 nitrogen and oxygen atoms in total. The molecule has 7 heteroatoms. The average molecular weight is 270 g/mol. The van der Waals surface area contributed by atoms with Crippen molar-refractivity contribution in [3.05, 3.63) is 0 Å². The molecule has 0 fully saturated rings. The van der Waals surface area contributed by atoms with Gasteiger partial charge in [-0.15, -0.1) is 0 Å². The molecule has 0 saturated heterocycles. The van der Waals surface area contributed by atoms with E-state index in [0.717, 1.165) is 13.2 Å². The molecule has 0 radical (unpaired) electrons. The Morgan fingerprint density at radius 3 is 1.39 bits per heavy atom. The zero-order valence-electron chi connectivity index (χ0n) is 11.2. The molecule has 18 heavy (non-hydrogen) atoms. The number of hydrogen-bond donors (Lipinski definition) is 5. The van der Waals surface area contributed by atoms with Crippen LogP contribution >= 0.6 is 0 Å². The van der Waals surface area contributed by atoms with Crippen LogP contribution in [-0.2, 0) is 9.47 Å². The van der Waals surface area contributed by atoms with E-state index in [-0.39, 0.29) is 6.29 Å². The molecular weight excluding hydrogens is 244 g/mol. The van der Waals surface area contributed by atoms with Gasteiger partial charge in [-0.3, -0.25) is 0 Å². The lowest BCUT2D eigenvalue weighted by atomic mass is 10.1. The van der Waals surface area contributed by atoms with Gasteiger partial charge in [0.2, 0.25) is 0 Å². The maximum Gasteiger partial charge on any atom is 0.154 e. The number of ether oxygens (including phenoxy) is 2. The third-order valence-electron chi connectivity index (χ3n) is 1.97. The summed E-state index contributed by atoms with van der Waals surface area (Å²) in [7, 11) is 0. The van der Waals surface area contributed by atoms with E-state index in [9.17, 15) is 0 Å². The number of hydrogen-bond acceptors (Lipinski definition) is 7. The van der Waals surface area contributed by atoms with Crippen LogP contribution in [0.15, 0.2) is 0 Å². The fourth-order valence-electron chi connectivity index (χ4n) is 0.990. The maximum atomic E-state index is 8.77. The van der Waals surface area contributed by atoms with Crippen molar-refractivity contribution in [2.75, 3.05) is 26.4 Å². The van der Waals surface area contributed by atoms with Crippen molar-refractivity contribution in [1.82, 2.24) is 0 Å². The zero-order chi connectivity index (χ0) is 14.6.